The monoisotopic (exact) mass is 399 g/mol. The first kappa shape index (κ1) is 22.0. The molecule has 154 valence electrons. The molecule has 1 heterocycles. The fourth-order valence-electron chi connectivity index (χ4n) is 3.60. The van der Waals surface area contributed by atoms with E-state index < -0.39 is 26.2 Å². The third-order valence-electron chi connectivity index (χ3n) is 6.35. The Morgan fingerprint density at radius 2 is 2.04 bits per heavy atom. The highest BCUT2D eigenvalue weighted by molar-refractivity contribution is 6.74. The molecule has 0 unspecified atom stereocenters. The highest BCUT2D eigenvalue weighted by Crippen LogP contribution is 2.46. The van der Waals surface area contributed by atoms with Gasteiger partial charge in [-0.25, -0.2) is 4.79 Å². The van der Waals surface area contributed by atoms with E-state index in [1.165, 1.54) is 4.90 Å². The van der Waals surface area contributed by atoms with E-state index in [2.05, 4.69) is 43.9 Å². The fourth-order valence-corrected chi connectivity index (χ4v) is 4.96. The second kappa shape index (κ2) is 7.62. The van der Waals surface area contributed by atoms with Crippen molar-refractivity contribution in [2.24, 2.45) is 17.0 Å². The molecule has 1 saturated carbocycles. The number of amides is 1. The molecule has 3 atom stereocenters. The summed E-state index contributed by atoms with van der Waals surface area (Å²) in [5, 5.41) is 13.8. The molecule has 27 heavy (non-hydrogen) atoms. The minimum atomic E-state index is -2.16. The van der Waals surface area contributed by atoms with Crippen LogP contribution in [0.5, 0.6) is 0 Å². The number of carbonyl (C=O) groups is 1. The molecule has 0 aromatic carbocycles. The number of carboxylic acid groups (broad SMARTS) is 1. The number of hydrogen-bond donors (Lipinski definition) is 2. The summed E-state index contributed by atoms with van der Waals surface area (Å²) in [6.07, 6.45) is 0.851. The zero-order valence-corrected chi connectivity index (χ0v) is 18.7. The zero-order valence-electron chi connectivity index (χ0n) is 17.7. The molecule has 8 nitrogen and oxygen atoms in total. The molecule has 0 spiro atoms. The van der Waals surface area contributed by atoms with Crippen molar-refractivity contribution in [3.05, 3.63) is 0 Å². The van der Waals surface area contributed by atoms with Crippen LogP contribution in [0.15, 0.2) is 5.11 Å². The average molecular weight is 400 g/mol. The van der Waals surface area contributed by atoms with Gasteiger partial charge in [-0.3, -0.25) is 4.90 Å². The van der Waals surface area contributed by atoms with E-state index in [0.29, 0.717) is 19.1 Å². The van der Waals surface area contributed by atoms with Gasteiger partial charge in [0, 0.05) is 5.92 Å². The van der Waals surface area contributed by atoms with Gasteiger partial charge in [0.25, 0.3) is 0 Å². The normalized spacial score (nSPS) is 25.0. The lowest BCUT2D eigenvalue weighted by molar-refractivity contribution is -0.0489. The van der Waals surface area contributed by atoms with Gasteiger partial charge < -0.3 is 14.3 Å². The van der Waals surface area contributed by atoms with Gasteiger partial charge in [0.05, 0.1) is 18.8 Å². The van der Waals surface area contributed by atoms with Crippen molar-refractivity contribution in [3.63, 3.8) is 0 Å². The van der Waals surface area contributed by atoms with E-state index in [1.54, 1.807) is 13.8 Å². The highest BCUT2D eigenvalue weighted by Gasteiger charge is 2.54. The van der Waals surface area contributed by atoms with Crippen molar-refractivity contribution in [2.75, 3.05) is 13.2 Å². The SMILES string of the molecule is CC1(C)OC[C@H]([C@H](O[Si](C)(C)C(C)(C)C)[C@H](CN=[N+]=N)C2CC2)N1C(=O)O. The number of nitrogens with one attached hydrogen (secondary N) is 1. The van der Waals surface area contributed by atoms with Crippen LogP contribution in [-0.2, 0) is 9.16 Å². The maximum Gasteiger partial charge on any atom is 0.409 e. The lowest BCUT2D eigenvalue weighted by Crippen LogP contribution is -2.58. The van der Waals surface area contributed by atoms with Crippen molar-refractivity contribution in [3.8, 4) is 0 Å². The lowest BCUT2D eigenvalue weighted by Gasteiger charge is -2.44. The van der Waals surface area contributed by atoms with Crippen LogP contribution in [0, 0.1) is 17.4 Å². The van der Waals surface area contributed by atoms with Gasteiger partial charge in [-0.05, 0) is 50.7 Å². The molecule has 2 aliphatic rings. The molecule has 1 aliphatic heterocycles. The van der Waals surface area contributed by atoms with E-state index in [4.69, 9.17) is 14.7 Å². The third kappa shape index (κ3) is 4.77. The summed E-state index contributed by atoms with van der Waals surface area (Å²) in [5.41, 5.74) is 6.16. The molecule has 0 aromatic heterocycles. The minimum Gasteiger partial charge on any atom is -0.465 e. The van der Waals surface area contributed by atoms with Crippen LogP contribution in [0.25, 0.3) is 0 Å². The molecule has 1 amide bonds. The molecule has 2 fully saturated rings. The number of ether oxygens (including phenoxy) is 1. The first-order valence-electron chi connectivity index (χ1n) is 9.69. The summed E-state index contributed by atoms with van der Waals surface area (Å²) in [6.45, 7) is 15.1. The molecular weight excluding hydrogens is 364 g/mol. The molecule has 2 N–H and O–H groups in total. The summed E-state index contributed by atoms with van der Waals surface area (Å²) in [5.74, 6) is 0.474. The first-order chi connectivity index (χ1) is 12.3. The van der Waals surface area contributed by atoms with Crippen LogP contribution in [-0.4, -0.2) is 55.4 Å². The van der Waals surface area contributed by atoms with Crippen molar-refractivity contribution >= 4 is 14.4 Å². The Bertz CT molecular complexity index is 609. The highest BCUT2D eigenvalue weighted by atomic mass is 28.4. The smallest absolute Gasteiger partial charge is 0.409 e. The van der Waals surface area contributed by atoms with Gasteiger partial charge >= 0.3 is 6.09 Å². The Kier molecular flexibility index (Phi) is 6.21. The van der Waals surface area contributed by atoms with Gasteiger partial charge in [-0.1, -0.05) is 20.8 Å². The average Bonchev–Trinajstić information content (AvgIpc) is 3.28. The van der Waals surface area contributed by atoms with E-state index >= 15 is 0 Å². The molecule has 1 saturated heterocycles. The van der Waals surface area contributed by atoms with Crippen LogP contribution in [0.1, 0.15) is 47.5 Å². The minimum absolute atomic E-state index is 0.000670. The second-order valence-electron chi connectivity index (χ2n) is 9.75. The fraction of sp³-hybridized carbons (Fsp3) is 0.944. The van der Waals surface area contributed by atoms with E-state index in [0.717, 1.165) is 12.8 Å². The van der Waals surface area contributed by atoms with E-state index in [9.17, 15) is 9.90 Å². The largest absolute Gasteiger partial charge is 0.465 e. The van der Waals surface area contributed by atoms with Gasteiger partial charge in [0.2, 0.25) is 4.91 Å². The molecule has 2 rings (SSSR count). The third-order valence-corrected chi connectivity index (χ3v) is 10.8. The van der Waals surface area contributed by atoms with Crippen molar-refractivity contribution in [1.29, 1.82) is 5.53 Å². The van der Waals surface area contributed by atoms with Crippen LogP contribution in [0.4, 0.5) is 4.79 Å². The summed E-state index contributed by atoms with van der Waals surface area (Å²) in [6, 6.07) is -0.391. The Balaban J connectivity index is 2.42. The van der Waals surface area contributed by atoms with Crippen LogP contribution in [0.3, 0.4) is 0 Å². The predicted octanol–water partition coefficient (Wildman–Crippen LogP) is 4.07. The van der Waals surface area contributed by atoms with Crippen molar-refractivity contribution in [2.45, 2.75) is 83.5 Å². The Morgan fingerprint density at radius 3 is 2.48 bits per heavy atom. The van der Waals surface area contributed by atoms with Crippen LogP contribution >= 0.6 is 0 Å². The molecule has 0 radical (unpaired) electrons. The summed E-state index contributed by atoms with van der Waals surface area (Å²) >= 11 is 0. The lowest BCUT2D eigenvalue weighted by atomic mass is 9.91. The van der Waals surface area contributed by atoms with E-state index in [1.807, 2.05) is 0 Å². The van der Waals surface area contributed by atoms with Crippen molar-refractivity contribution < 1.29 is 19.1 Å². The van der Waals surface area contributed by atoms with Gasteiger partial charge in [-0.2, -0.15) is 0 Å². The van der Waals surface area contributed by atoms with Crippen LogP contribution in [0.2, 0.25) is 18.1 Å². The number of rotatable bonds is 7. The Morgan fingerprint density at radius 1 is 1.44 bits per heavy atom. The molecular formula is C18H35N4O4Si+. The summed E-state index contributed by atoms with van der Waals surface area (Å²) in [4.78, 5) is 16.6. The number of nitrogens with zero attached hydrogens (tertiary/aromatic N) is 3. The van der Waals surface area contributed by atoms with Crippen LogP contribution < -0.4 is 4.91 Å². The van der Waals surface area contributed by atoms with Gasteiger partial charge in [0.1, 0.15) is 22.9 Å². The summed E-state index contributed by atoms with van der Waals surface area (Å²) < 4.78 is 12.7. The standard InChI is InChI=1S/C18H34N4O4Si/c1-17(2,3)27(6,7)26-15(13(10-20-21-19)12-8-9-12)14-11-25-18(4,5)22(14)16(23)24/h12-15,19H,8-11H2,1-7H3/p+1/t13-,14-,15-/m1/s1. The predicted molar refractivity (Wildman–Crippen MR) is 104 cm³/mol. The maximum atomic E-state index is 12.0. The second-order valence-corrected chi connectivity index (χ2v) is 14.5. The Labute approximate surface area is 163 Å². The van der Waals surface area contributed by atoms with Crippen molar-refractivity contribution in [1.82, 2.24) is 9.81 Å². The summed E-state index contributed by atoms with van der Waals surface area (Å²) in [7, 11) is -2.16. The Hall–Kier alpha value is -1.28. The first-order valence-corrected chi connectivity index (χ1v) is 12.6. The zero-order chi connectivity index (χ0) is 20.6. The topological polar surface area (TPSA) is 109 Å². The molecule has 1 aliphatic carbocycles. The van der Waals surface area contributed by atoms with Gasteiger partial charge in [-0.15, -0.1) is 0 Å². The molecule has 0 bridgehead atoms. The quantitative estimate of drug-likeness (QED) is 0.382. The van der Waals surface area contributed by atoms with Gasteiger partial charge in [0.15, 0.2) is 8.32 Å². The maximum absolute atomic E-state index is 12.0. The number of hydrogen-bond acceptors (Lipinski definition) is 5. The molecule has 9 heteroatoms. The molecule has 0 aromatic rings. The van der Waals surface area contributed by atoms with E-state index in [-0.39, 0.29) is 17.1 Å².